The van der Waals surface area contributed by atoms with Crippen LogP contribution in [0.2, 0.25) is 0 Å². The number of fused-ring (bicyclic) bond motifs is 1. The zero-order valence-corrected chi connectivity index (χ0v) is 17.1. The summed E-state index contributed by atoms with van der Waals surface area (Å²) in [6.07, 6.45) is 4.15. The number of rotatable bonds is 5. The predicted octanol–water partition coefficient (Wildman–Crippen LogP) is 4.71. The maximum atomic E-state index is 12.5. The van der Waals surface area contributed by atoms with Gasteiger partial charge in [0.2, 0.25) is 0 Å². The quantitative estimate of drug-likeness (QED) is 0.602. The van der Waals surface area contributed by atoms with Gasteiger partial charge in [-0.25, -0.2) is 4.83 Å². The number of hydrogen-bond acceptors (Lipinski definition) is 3. The Hall–Kier alpha value is -2.40. The fraction of sp³-hybridized carbons (Fsp3) is 0.318. The maximum Gasteiger partial charge on any atom is 0.276 e. The molecule has 5 heteroatoms. The Bertz CT molecular complexity index is 1000. The second kappa shape index (κ2) is 7.31. The summed E-state index contributed by atoms with van der Waals surface area (Å²) < 4.78 is 25.0. The fourth-order valence-corrected chi connectivity index (χ4v) is 4.05. The smallest absolute Gasteiger partial charge is 0.200 e. The molecule has 1 aliphatic rings. The largest absolute Gasteiger partial charge is 0.276 e. The molecule has 0 radical (unpaired) electrons. The monoisotopic (exact) mass is 382 g/mol. The first-order chi connectivity index (χ1) is 12.7. The minimum absolute atomic E-state index is 0.216. The molecular weight excluding hydrogens is 356 g/mol. The van der Waals surface area contributed by atoms with Gasteiger partial charge in [-0.1, -0.05) is 67.5 Å². The van der Waals surface area contributed by atoms with Crippen LogP contribution in [0.5, 0.6) is 0 Å². The standard InChI is InChI=1S/C22H26N2O2S/c1-16-9-13-21(14-10-16)27(25,26)24-23-17(2)22(3,4)20-12-11-18-7-5-6-8-19(18)15-20/h5-10,13-15,24H,11-12H2,1-4H3/b23-17+. The predicted molar refractivity (Wildman–Crippen MR) is 111 cm³/mol. The van der Waals surface area contributed by atoms with E-state index < -0.39 is 10.0 Å². The lowest BCUT2D eigenvalue weighted by Gasteiger charge is -2.31. The van der Waals surface area contributed by atoms with E-state index in [-0.39, 0.29) is 10.3 Å². The molecule has 0 aromatic heterocycles. The average molecular weight is 383 g/mol. The Morgan fingerprint density at radius 1 is 1.04 bits per heavy atom. The van der Waals surface area contributed by atoms with Gasteiger partial charge in [-0.2, -0.15) is 13.5 Å². The van der Waals surface area contributed by atoms with Gasteiger partial charge >= 0.3 is 0 Å². The highest BCUT2D eigenvalue weighted by atomic mass is 32.2. The number of benzene rings is 2. The summed E-state index contributed by atoms with van der Waals surface area (Å²) in [5, 5.41) is 4.24. The van der Waals surface area contributed by atoms with Crippen LogP contribution in [0.15, 0.2) is 64.1 Å². The minimum atomic E-state index is -3.67. The molecule has 0 heterocycles. The Kier molecular flexibility index (Phi) is 5.24. The van der Waals surface area contributed by atoms with Gasteiger partial charge in [0.15, 0.2) is 0 Å². The molecule has 0 bridgehead atoms. The maximum absolute atomic E-state index is 12.5. The van der Waals surface area contributed by atoms with Gasteiger partial charge in [0, 0.05) is 11.1 Å². The first-order valence-electron chi connectivity index (χ1n) is 9.12. The summed E-state index contributed by atoms with van der Waals surface area (Å²) in [6, 6.07) is 15.1. The Morgan fingerprint density at radius 2 is 1.70 bits per heavy atom. The van der Waals surface area contributed by atoms with Crippen molar-refractivity contribution in [3.63, 3.8) is 0 Å². The summed E-state index contributed by atoms with van der Waals surface area (Å²) in [4.78, 5) is 2.61. The van der Waals surface area contributed by atoms with E-state index >= 15 is 0 Å². The van der Waals surface area contributed by atoms with Crippen LogP contribution in [0.1, 0.15) is 43.9 Å². The molecule has 0 saturated carbocycles. The highest BCUT2D eigenvalue weighted by Crippen LogP contribution is 2.36. The molecular formula is C22H26N2O2S. The van der Waals surface area contributed by atoms with E-state index in [1.807, 2.05) is 19.9 Å². The second-order valence-corrected chi connectivity index (χ2v) is 9.26. The van der Waals surface area contributed by atoms with Crippen molar-refractivity contribution in [3.05, 3.63) is 70.8 Å². The third-order valence-corrected chi connectivity index (χ3v) is 6.65. The lowest BCUT2D eigenvalue weighted by molar-refractivity contribution is 0.573. The highest BCUT2D eigenvalue weighted by Gasteiger charge is 2.29. The van der Waals surface area contributed by atoms with Gasteiger partial charge < -0.3 is 0 Å². The van der Waals surface area contributed by atoms with Crippen LogP contribution in [0.3, 0.4) is 0 Å². The van der Waals surface area contributed by atoms with Crippen LogP contribution in [-0.4, -0.2) is 14.1 Å². The zero-order chi connectivity index (χ0) is 19.7. The molecule has 3 rings (SSSR count). The van der Waals surface area contributed by atoms with Crippen LogP contribution in [0.4, 0.5) is 0 Å². The van der Waals surface area contributed by atoms with Crippen molar-refractivity contribution in [3.8, 4) is 0 Å². The van der Waals surface area contributed by atoms with Crippen LogP contribution < -0.4 is 4.83 Å². The van der Waals surface area contributed by atoms with Crippen molar-refractivity contribution < 1.29 is 8.42 Å². The molecule has 0 unspecified atom stereocenters. The van der Waals surface area contributed by atoms with Crippen molar-refractivity contribution in [2.45, 2.75) is 45.4 Å². The van der Waals surface area contributed by atoms with Gasteiger partial charge in [-0.15, -0.1) is 0 Å². The number of hydrogen-bond donors (Lipinski definition) is 1. The molecule has 27 heavy (non-hydrogen) atoms. The number of sulfonamides is 1. The molecule has 0 amide bonds. The molecule has 0 atom stereocenters. The zero-order valence-electron chi connectivity index (χ0n) is 16.3. The third-order valence-electron chi connectivity index (χ3n) is 5.42. The minimum Gasteiger partial charge on any atom is -0.200 e. The number of aryl methyl sites for hydroxylation is 2. The summed E-state index contributed by atoms with van der Waals surface area (Å²) in [5.41, 5.74) is 5.27. The lowest BCUT2D eigenvalue weighted by atomic mass is 9.74. The number of hydrazone groups is 1. The van der Waals surface area contributed by atoms with Gasteiger partial charge in [-0.05, 0) is 49.9 Å². The van der Waals surface area contributed by atoms with E-state index in [2.05, 4.69) is 48.1 Å². The lowest BCUT2D eigenvalue weighted by Crippen LogP contribution is -2.29. The van der Waals surface area contributed by atoms with Gasteiger partial charge in [-0.3, -0.25) is 0 Å². The Labute approximate surface area is 162 Å². The summed E-state index contributed by atoms with van der Waals surface area (Å²) in [7, 11) is -3.67. The summed E-state index contributed by atoms with van der Waals surface area (Å²) >= 11 is 0. The molecule has 142 valence electrons. The highest BCUT2D eigenvalue weighted by molar-refractivity contribution is 7.89. The molecule has 0 spiro atoms. The van der Waals surface area contributed by atoms with Gasteiger partial charge in [0.25, 0.3) is 10.0 Å². The first-order valence-corrected chi connectivity index (χ1v) is 10.6. The molecule has 2 aromatic carbocycles. The molecule has 1 N–H and O–H groups in total. The average Bonchev–Trinajstić information content (AvgIpc) is 2.66. The number of nitrogens with one attached hydrogen (secondary N) is 1. The third kappa shape index (κ3) is 4.14. The molecule has 1 aliphatic carbocycles. The molecule has 2 aromatic rings. The Morgan fingerprint density at radius 3 is 2.41 bits per heavy atom. The van der Waals surface area contributed by atoms with Crippen LogP contribution in [0, 0.1) is 12.3 Å². The van der Waals surface area contributed by atoms with Gasteiger partial charge in [0.1, 0.15) is 0 Å². The van der Waals surface area contributed by atoms with Crippen molar-refractivity contribution in [2.75, 3.05) is 0 Å². The molecule has 0 saturated heterocycles. The SMILES string of the molecule is C/C(=N\NS(=O)(=O)c1ccc(C)cc1)C(C)(C)C1=Cc2ccccc2CC1. The van der Waals surface area contributed by atoms with E-state index in [4.69, 9.17) is 0 Å². The van der Waals surface area contributed by atoms with Crippen LogP contribution >= 0.6 is 0 Å². The van der Waals surface area contributed by atoms with E-state index in [1.54, 1.807) is 24.3 Å². The van der Waals surface area contributed by atoms with Crippen molar-refractivity contribution >= 4 is 21.8 Å². The van der Waals surface area contributed by atoms with E-state index in [1.165, 1.54) is 16.7 Å². The summed E-state index contributed by atoms with van der Waals surface area (Å²) in [5.74, 6) is 0. The fourth-order valence-electron chi connectivity index (χ4n) is 3.20. The second-order valence-electron chi connectivity index (χ2n) is 7.60. The van der Waals surface area contributed by atoms with Crippen LogP contribution in [0.25, 0.3) is 6.08 Å². The van der Waals surface area contributed by atoms with E-state index in [0.717, 1.165) is 24.1 Å². The molecule has 0 fully saturated rings. The van der Waals surface area contributed by atoms with Crippen LogP contribution in [-0.2, 0) is 16.4 Å². The number of nitrogens with zero attached hydrogens (tertiary/aromatic N) is 1. The number of allylic oxidation sites excluding steroid dienone is 1. The van der Waals surface area contributed by atoms with Gasteiger partial charge in [0.05, 0.1) is 4.90 Å². The Balaban J connectivity index is 1.83. The topological polar surface area (TPSA) is 58.5 Å². The molecule has 0 aliphatic heterocycles. The normalized spacial score (nSPS) is 15.1. The van der Waals surface area contributed by atoms with E-state index in [0.29, 0.717) is 0 Å². The summed E-state index contributed by atoms with van der Waals surface area (Å²) in [6.45, 7) is 7.97. The first kappa shape index (κ1) is 19.4. The van der Waals surface area contributed by atoms with E-state index in [9.17, 15) is 8.42 Å². The van der Waals surface area contributed by atoms with Crippen molar-refractivity contribution in [1.82, 2.24) is 4.83 Å². The molecule has 4 nitrogen and oxygen atoms in total. The van der Waals surface area contributed by atoms with Crippen molar-refractivity contribution in [1.29, 1.82) is 0 Å². The van der Waals surface area contributed by atoms with Crippen molar-refractivity contribution in [2.24, 2.45) is 10.5 Å².